The Hall–Kier alpha value is -2.35. The van der Waals surface area contributed by atoms with Crippen molar-refractivity contribution in [1.29, 1.82) is 5.26 Å². The fraction of sp³-hybridized carbons (Fsp3) is 0.100. The first-order chi connectivity index (χ1) is 7.35. The van der Waals surface area contributed by atoms with E-state index in [1.54, 1.807) is 35.3 Å². The van der Waals surface area contributed by atoms with Gasteiger partial charge in [0, 0.05) is 12.4 Å². The molecule has 0 aliphatic heterocycles. The summed E-state index contributed by atoms with van der Waals surface area (Å²) in [4.78, 5) is 4.02. The highest BCUT2D eigenvalue weighted by Crippen LogP contribution is 2.19. The maximum Gasteiger partial charge on any atom is 0.240 e. The SMILES string of the molecule is COc1nc(C#N)ccc1-n1cccn1. The van der Waals surface area contributed by atoms with Crippen LogP contribution in [0.4, 0.5) is 0 Å². The largest absolute Gasteiger partial charge is 0.479 e. The van der Waals surface area contributed by atoms with Crippen LogP contribution in [0, 0.1) is 11.3 Å². The van der Waals surface area contributed by atoms with Crippen molar-refractivity contribution < 1.29 is 4.74 Å². The molecule has 0 amide bonds. The molecule has 0 N–H and O–H groups in total. The lowest BCUT2D eigenvalue weighted by atomic mass is 10.3. The number of nitrogens with zero attached hydrogens (tertiary/aromatic N) is 4. The number of rotatable bonds is 2. The Morgan fingerprint density at radius 1 is 1.47 bits per heavy atom. The molecule has 74 valence electrons. The molecule has 0 saturated carbocycles. The average molecular weight is 200 g/mol. The highest BCUT2D eigenvalue weighted by atomic mass is 16.5. The first-order valence-corrected chi connectivity index (χ1v) is 4.30. The van der Waals surface area contributed by atoms with E-state index in [2.05, 4.69) is 10.1 Å². The van der Waals surface area contributed by atoms with Crippen LogP contribution in [0.1, 0.15) is 5.69 Å². The van der Waals surface area contributed by atoms with E-state index in [4.69, 9.17) is 10.00 Å². The molecular weight excluding hydrogens is 192 g/mol. The lowest BCUT2D eigenvalue weighted by molar-refractivity contribution is 0.394. The van der Waals surface area contributed by atoms with Crippen LogP contribution in [-0.4, -0.2) is 21.9 Å². The zero-order valence-electron chi connectivity index (χ0n) is 8.08. The van der Waals surface area contributed by atoms with Crippen molar-refractivity contribution in [1.82, 2.24) is 14.8 Å². The highest BCUT2D eigenvalue weighted by molar-refractivity contribution is 5.43. The first-order valence-electron chi connectivity index (χ1n) is 4.30. The van der Waals surface area contributed by atoms with Gasteiger partial charge in [0.05, 0.1) is 7.11 Å². The Morgan fingerprint density at radius 2 is 2.33 bits per heavy atom. The molecule has 0 radical (unpaired) electrons. The topological polar surface area (TPSA) is 63.7 Å². The molecule has 2 heterocycles. The van der Waals surface area contributed by atoms with Gasteiger partial charge < -0.3 is 4.74 Å². The number of pyridine rings is 1. The van der Waals surface area contributed by atoms with Crippen molar-refractivity contribution >= 4 is 0 Å². The predicted molar refractivity (Wildman–Crippen MR) is 52.6 cm³/mol. The number of aromatic nitrogens is 3. The Bertz CT molecular complexity index is 499. The van der Waals surface area contributed by atoms with Crippen molar-refractivity contribution in [3.8, 4) is 17.6 Å². The average Bonchev–Trinajstić information content (AvgIpc) is 2.81. The minimum Gasteiger partial charge on any atom is -0.479 e. The molecule has 0 atom stereocenters. The van der Waals surface area contributed by atoms with Crippen molar-refractivity contribution in [2.45, 2.75) is 0 Å². The van der Waals surface area contributed by atoms with E-state index in [1.807, 2.05) is 6.07 Å². The summed E-state index contributed by atoms with van der Waals surface area (Å²) in [6, 6.07) is 7.13. The number of hydrogen-bond donors (Lipinski definition) is 0. The molecule has 2 rings (SSSR count). The molecule has 0 fully saturated rings. The standard InChI is InChI=1S/C10H8N4O/c1-15-10-9(14-6-2-5-12-14)4-3-8(7-11)13-10/h2-6H,1H3. The summed E-state index contributed by atoms with van der Waals surface area (Å²) in [6.45, 7) is 0. The third kappa shape index (κ3) is 1.65. The van der Waals surface area contributed by atoms with Crippen molar-refractivity contribution in [3.05, 3.63) is 36.3 Å². The van der Waals surface area contributed by atoms with Gasteiger partial charge in [0.1, 0.15) is 17.5 Å². The first kappa shape index (κ1) is 9.21. The summed E-state index contributed by atoms with van der Waals surface area (Å²) in [5.74, 6) is 0.387. The van der Waals surface area contributed by atoms with E-state index < -0.39 is 0 Å². The molecule has 2 aromatic rings. The zero-order chi connectivity index (χ0) is 10.7. The summed E-state index contributed by atoms with van der Waals surface area (Å²) in [5.41, 5.74) is 1.03. The molecule has 0 saturated heterocycles. The summed E-state index contributed by atoms with van der Waals surface area (Å²) >= 11 is 0. The third-order valence-corrected chi connectivity index (χ3v) is 1.90. The smallest absolute Gasteiger partial charge is 0.240 e. The predicted octanol–water partition coefficient (Wildman–Crippen LogP) is 1.15. The lowest BCUT2D eigenvalue weighted by Crippen LogP contribution is -2.01. The van der Waals surface area contributed by atoms with Crippen molar-refractivity contribution in [2.24, 2.45) is 0 Å². The Kier molecular flexibility index (Phi) is 2.33. The van der Waals surface area contributed by atoms with E-state index in [1.165, 1.54) is 7.11 Å². The van der Waals surface area contributed by atoms with Crippen molar-refractivity contribution in [2.75, 3.05) is 7.11 Å². The van der Waals surface area contributed by atoms with Crippen LogP contribution in [0.15, 0.2) is 30.6 Å². The van der Waals surface area contributed by atoms with Crippen molar-refractivity contribution in [3.63, 3.8) is 0 Å². The number of nitriles is 1. The van der Waals surface area contributed by atoms with Crippen LogP contribution in [0.25, 0.3) is 5.69 Å². The summed E-state index contributed by atoms with van der Waals surface area (Å²) in [6.07, 6.45) is 3.45. The van der Waals surface area contributed by atoms with Crippen LogP contribution >= 0.6 is 0 Å². The van der Waals surface area contributed by atoms with E-state index in [9.17, 15) is 0 Å². The van der Waals surface area contributed by atoms with Gasteiger partial charge in [0.2, 0.25) is 5.88 Å². The molecule has 5 heteroatoms. The molecule has 0 aromatic carbocycles. The van der Waals surface area contributed by atoms with Gasteiger partial charge in [-0.25, -0.2) is 9.67 Å². The van der Waals surface area contributed by atoms with Crippen LogP contribution in [0.5, 0.6) is 5.88 Å². The Balaban J connectivity index is 2.54. The van der Waals surface area contributed by atoms with Gasteiger partial charge in [-0.05, 0) is 18.2 Å². The molecule has 15 heavy (non-hydrogen) atoms. The highest BCUT2D eigenvalue weighted by Gasteiger charge is 2.07. The molecule has 0 unspecified atom stereocenters. The van der Waals surface area contributed by atoms with Crippen LogP contribution in [0.2, 0.25) is 0 Å². The van der Waals surface area contributed by atoms with E-state index in [0.717, 1.165) is 0 Å². The van der Waals surface area contributed by atoms with Crippen LogP contribution < -0.4 is 4.74 Å². The second-order valence-corrected chi connectivity index (χ2v) is 2.79. The summed E-state index contributed by atoms with van der Waals surface area (Å²) in [5, 5.41) is 12.8. The van der Waals surface area contributed by atoms with E-state index in [-0.39, 0.29) is 0 Å². The second-order valence-electron chi connectivity index (χ2n) is 2.79. The molecule has 0 spiro atoms. The minimum atomic E-state index is 0.322. The third-order valence-electron chi connectivity index (χ3n) is 1.90. The van der Waals surface area contributed by atoms with Crippen LogP contribution in [0.3, 0.4) is 0 Å². The van der Waals surface area contributed by atoms with Crippen LogP contribution in [-0.2, 0) is 0 Å². The molecule has 0 aliphatic rings. The summed E-state index contributed by atoms with van der Waals surface area (Å²) in [7, 11) is 1.51. The number of ether oxygens (including phenoxy) is 1. The molecule has 0 aliphatic carbocycles. The summed E-state index contributed by atoms with van der Waals surface area (Å²) < 4.78 is 6.72. The maximum absolute atomic E-state index is 8.69. The quantitative estimate of drug-likeness (QED) is 0.729. The molecule has 5 nitrogen and oxygen atoms in total. The normalized spacial score (nSPS) is 9.60. The fourth-order valence-electron chi connectivity index (χ4n) is 1.23. The Labute approximate surface area is 86.6 Å². The second kappa shape index (κ2) is 3.80. The number of methoxy groups -OCH3 is 1. The molecular formula is C10H8N4O. The van der Waals surface area contributed by atoms with E-state index >= 15 is 0 Å². The van der Waals surface area contributed by atoms with Gasteiger partial charge in [-0.1, -0.05) is 0 Å². The molecule has 0 bridgehead atoms. The number of hydrogen-bond acceptors (Lipinski definition) is 4. The lowest BCUT2D eigenvalue weighted by Gasteiger charge is -2.06. The van der Waals surface area contributed by atoms with E-state index in [0.29, 0.717) is 17.3 Å². The van der Waals surface area contributed by atoms with Gasteiger partial charge in [-0.2, -0.15) is 10.4 Å². The maximum atomic E-state index is 8.69. The monoisotopic (exact) mass is 200 g/mol. The fourth-order valence-corrected chi connectivity index (χ4v) is 1.23. The van der Waals surface area contributed by atoms with Gasteiger partial charge in [-0.15, -0.1) is 0 Å². The zero-order valence-corrected chi connectivity index (χ0v) is 8.08. The van der Waals surface area contributed by atoms with Gasteiger partial charge in [0.25, 0.3) is 0 Å². The van der Waals surface area contributed by atoms with Gasteiger partial charge in [-0.3, -0.25) is 0 Å². The van der Waals surface area contributed by atoms with Gasteiger partial charge >= 0.3 is 0 Å². The Morgan fingerprint density at radius 3 is 2.93 bits per heavy atom. The van der Waals surface area contributed by atoms with Gasteiger partial charge in [0.15, 0.2) is 0 Å². The minimum absolute atomic E-state index is 0.322. The molecule has 2 aromatic heterocycles.